The van der Waals surface area contributed by atoms with Crippen molar-refractivity contribution in [1.29, 1.82) is 0 Å². The second-order valence-corrected chi connectivity index (χ2v) is 3.49. The number of hydrogen-bond acceptors (Lipinski definition) is 2. The predicted molar refractivity (Wildman–Crippen MR) is 55.6 cm³/mol. The first kappa shape index (κ1) is 11.3. The van der Waals surface area contributed by atoms with E-state index in [2.05, 4.69) is 9.97 Å². The Morgan fingerprint density at radius 2 is 2.06 bits per heavy atom. The van der Waals surface area contributed by atoms with Crippen molar-refractivity contribution in [3.05, 3.63) is 41.2 Å². The Balaban J connectivity index is 2.50. The lowest BCUT2D eigenvalue weighted by atomic mass is 10.2. The van der Waals surface area contributed by atoms with Crippen LogP contribution in [0.4, 0.5) is 8.78 Å². The van der Waals surface area contributed by atoms with Crippen LogP contribution in [0.3, 0.4) is 0 Å². The highest BCUT2D eigenvalue weighted by atomic mass is 19.2. The number of carboxylic acid groups (broad SMARTS) is 1. The van der Waals surface area contributed by atoms with Crippen LogP contribution in [0.1, 0.15) is 16.2 Å². The Kier molecular flexibility index (Phi) is 2.63. The van der Waals surface area contributed by atoms with Gasteiger partial charge in [0, 0.05) is 11.3 Å². The number of rotatable bonds is 2. The van der Waals surface area contributed by atoms with Crippen LogP contribution in [0.15, 0.2) is 18.2 Å². The van der Waals surface area contributed by atoms with Crippen molar-refractivity contribution in [3.8, 4) is 11.4 Å². The van der Waals surface area contributed by atoms with Crippen molar-refractivity contribution in [2.24, 2.45) is 0 Å². The van der Waals surface area contributed by atoms with Crippen LogP contribution >= 0.6 is 0 Å². The fourth-order valence-corrected chi connectivity index (χ4v) is 1.45. The molecule has 2 aromatic rings. The van der Waals surface area contributed by atoms with Gasteiger partial charge in [0.2, 0.25) is 0 Å². The van der Waals surface area contributed by atoms with Gasteiger partial charge in [0.25, 0.3) is 0 Å². The maximum atomic E-state index is 13.0. The number of hydrogen-bond donors (Lipinski definition) is 2. The van der Waals surface area contributed by atoms with Gasteiger partial charge in [-0.3, -0.25) is 0 Å². The molecule has 0 aliphatic rings. The summed E-state index contributed by atoms with van der Waals surface area (Å²) in [5, 5.41) is 8.81. The SMILES string of the molecule is Cc1[nH]c(-c2ccc(F)c(F)c2)nc1C(=O)O. The molecular weight excluding hydrogens is 230 g/mol. The summed E-state index contributed by atoms with van der Waals surface area (Å²) < 4.78 is 25.7. The smallest absolute Gasteiger partial charge is 0.356 e. The molecule has 4 nitrogen and oxygen atoms in total. The minimum atomic E-state index is -1.17. The van der Waals surface area contributed by atoms with Gasteiger partial charge in [0.15, 0.2) is 17.3 Å². The molecule has 17 heavy (non-hydrogen) atoms. The van der Waals surface area contributed by atoms with Crippen LogP contribution in [-0.2, 0) is 0 Å². The van der Waals surface area contributed by atoms with Crippen LogP contribution in [-0.4, -0.2) is 21.0 Å². The summed E-state index contributed by atoms with van der Waals surface area (Å²) in [7, 11) is 0. The number of aromatic carboxylic acids is 1. The summed E-state index contributed by atoms with van der Waals surface area (Å²) >= 11 is 0. The molecule has 0 saturated carbocycles. The van der Waals surface area contributed by atoms with E-state index in [4.69, 9.17) is 5.11 Å². The van der Waals surface area contributed by atoms with Gasteiger partial charge in [-0.05, 0) is 25.1 Å². The molecule has 0 unspecified atom stereocenters. The quantitative estimate of drug-likeness (QED) is 0.844. The molecule has 88 valence electrons. The number of nitrogens with zero attached hydrogens (tertiary/aromatic N) is 1. The summed E-state index contributed by atoms with van der Waals surface area (Å²) in [4.78, 5) is 17.3. The standard InChI is InChI=1S/C11H8F2N2O2/c1-5-9(11(16)17)15-10(14-5)6-2-3-7(12)8(13)4-6/h2-4H,1H3,(H,14,15)(H,16,17). The zero-order valence-corrected chi connectivity index (χ0v) is 8.79. The van der Waals surface area contributed by atoms with Crippen molar-refractivity contribution < 1.29 is 18.7 Å². The minimum Gasteiger partial charge on any atom is -0.476 e. The zero-order valence-electron chi connectivity index (χ0n) is 8.79. The number of aromatic amines is 1. The highest BCUT2D eigenvalue weighted by molar-refractivity contribution is 5.87. The summed E-state index contributed by atoms with van der Waals surface area (Å²) in [6.45, 7) is 1.54. The molecule has 2 rings (SSSR count). The van der Waals surface area contributed by atoms with Gasteiger partial charge < -0.3 is 10.1 Å². The third-order valence-corrected chi connectivity index (χ3v) is 2.28. The normalized spacial score (nSPS) is 10.5. The number of imidazole rings is 1. The molecule has 0 atom stereocenters. The number of carboxylic acids is 1. The first-order valence-electron chi connectivity index (χ1n) is 4.74. The largest absolute Gasteiger partial charge is 0.476 e. The van der Waals surface area contributed by atoms with Crippen molar-refractivity contribution in [1.82, 2.24) is 9.97 Å². The molecule has 0 aliphatic carbocycles. The van der Waals surface area contributed by atoms with E-state index in [0.29, 0.717) is 11.3 Å². The zero-order chi connectivity index (χ0) is 12.6. The Hall–Kier alpha value is -2.24. The van der Waals surface area contributed by atoms with Crippen molar-refractivity contribution in [2.45, 2.75) is 6.92 Å². The number of H-pyrrole nitrogens is 1. The lowest BCUT2D eigenvalue weighted by Gasteiger charge is -1.97. The van der Waals surface area contributed by atoms with Gasteiger partial charge in [-0.15, -0.1) is 0 Å². The molecule has 0 bridgehead atoms. The number of benzene rings is 1. The molecule has 0 spiro atoms. The van der Waals surface area contributed by atoms with E-state index in [1.54, 1.807) is 6.92 Å². The molecule has 0 radical (unpaired) electrons. The highest BCUT2D eigenvalue weighted by Gasteiger charge is 2.15. The first-order chi connectivity index (χ1) is 7.99. The molecule has 0 aliphatic heterocycles. The Morgan fingerprint density at radius 1 is 1.35 bits per heavy atom. The third kappa shape index (κ3) is 2.01. The average Bonchev–Trinajstić information content (AvgIpc) is 2.64. The maximum Gasteiger partial charge on any atom is 0.356 e. The van der Waals surface area contributed by atoms with Crippen molar-refractivity contribution in [2.75, 3.05) is 0 Å². The number of nitrogens with one attached hydrogen (secondary N) is 1. The second-order valence-electron chi connectivity index (χ2n) is 3.49. The lowest BCUT2D eigenvalue weighted by molar-refractivity contribution is 0.0690. The Bertz CT molecular complexity index is 593. The van der Waals surface area contributed by atoms with Crippen molar-refractivity contribution in [3.63, 3.8) is 0 Å². The predicted octanol–water partition coefficient (Wildman–Crippen LogP) is 2.36. The fraction of sp³-hybridized carbons (Fsp3) is 0.0909. The molecule has 0 amide bonds. The van der Waals surface area contributed by atoms with Crippen LogP contribution in [0.5, 0.6) is 0 Å². The van der Waals surface area contributed by atoms with Crippen LogP contribution in [0, 0.1) is 18.6 Å². The van der Waals surface area contributed by atoms with E-state index in [1.807, 2.05) is 0 Å². The summed E-state index contributed by atoms with van der Waals surface area (Å²) in [6.07, 6.45) is 0. The van der Waals surface area contributed by atoms with Gasteiger partial charge in [-0.2, -0.15) is 0 Å². The highest BCUT2D eigenvalue weighted by Crippen LogP contribution is 2.20. The van der Waals surface area contributed by atoms with E-state index in [-0.39, 0.29) is 11.5 Å². The van der Waals surface area contributed by atoms with Crippen LogP contribution in [0.2, 0.25) is 0 Å². The van der Waals surface area contributed by atoms with E-state index in [0.717, 1.165) is 12.1 Å². The third-order valence-electron chi connectivity index (χ3n) is 2.28. The van der Waals surface area contributed by atoms with Gasteiger partial charge in [-0.1, -0.05) is 0 Å². The molecular formula is C11H8F2N2O2. The Labute approximate surface area is 94.9 Å². The molecule has 6 heteroatoms. The van der Waals surface area contributed by atoms with Gasteiger partial charge in [-0.25, -0.2) is 18.6 Å². The Morgan fingerprint density at radius 3 is 2.59 bits per heavy atom. The number of aromatic nitrogens is 2. The van der Waals surface area contributed by atoms with Gasteiger partial charge >= 0.3 is 5.97 Å². The van der Waals surface area contributed by atoms with E-state index >= 15 is 0 Å². The molecule has 1 heterocycles. The van der Waals surface area contributed by atoms with E-state index in [9.17, 15) is 13.6 Å². The monoisotopic (exact) mass is 238 g/mol. The molecule has 1 aromatic heterocycles. The number of halogens is 2. The van der Waals surface area contributed by atoms with Crippen molar-refractivity contribution >= 4 is 5.97 Å². The van der Waals surface area contributed by atoms with Crippen LogP contribution < -0.4 is 0 Å². The summed E-state index contributed by atoms with van der Waals surface area (Å²) in [5.74, 6) is -2.95. The number of carbonyl (C=O) groups is 1. The second kappa shape index (κ2) is 3.97. The van der Waals surface area contributed by atoms with Crippen LogP contribution in [0.25, 0.3) is 11.4 Å². The van der Waals surface area contributed by atoms with Gasteiger partial charge in [0.05, 0.1) is 0 Å². The topological polar surface area (TPSA) is 66.0 Å². The van der Waals surface area contributed by atoms with E-state index < -0.39 is 17.6 Å². The molecule has 2 N–H and O–H groups in total. The number of aryl methyl sites for hydroxylation is 1. The minimum absolute atomic E-state index is 0.135. The van der Waals surface area contributed by atoms with Gasteiger partial charge in [0.1, 0.15) is 5.82 Å². The molecule has 0 fully saturated rings. The lowest BCUT2D eigenvalue weighted by Crippen LogP contribution is -1.98. The first-order valence-corrected chi connectivity index (χ1v) is 4.74. The fourth-order valence-electron chi connectivity index (χ4n) is 1.45. The maximum absolute atomic E-state index is 13.0. The average molecular weight is 238 g/mol. The van der Waals surface area contributed by atoms with E-state index in [1.165, 1.54) is 6.07 Å². The molecule has 1 aromatic carbocycles. The summed E-state index contributed by atoms with van der Waals surface area (Å²) in [6, 6.07) is 3.24. The summed E-state index contributed by atoms with van der Waals surface area (Å²) in [5.41, 5.74) is 0.515. The molecule has 0 saturated heterocycles.